The standard InChI is InChI=1S/C13H13ClN2O5/c1-2-19-13(18)12(9(17)6-14)16-15-8-3-4-10-11(5-8)21-7-20-10/h3-5,17H,2,6-7H2,1H3. The molecule has 0 bridgehead atoms. The molecule has 0 spiro atoms. The van der Waals surface area contributed by atoms with Crippen molar-refractivity contribution in [2.75, 3.05) is 19.3 Å². The summed E-state index contributed by atoms with van der Waals surface area (Å²) < 4.78 is 15.1. The number of ether oxygens (including phenoxy) is 3. The van der Waals surface area contributed by atoms with Crippen molar-refractivity contribution in [3.63, 3.8) is 0 Å². The van der Waals surface area contributed by atoms with E-state index in [0.717, 1.165) is 0 Å². The topological polar surface area (TPSA) is 89.7 Å². The molecule has 0 radical (unpaired) electrons. The van der Waals surface area contributed by atoms with Crippen molar-refractivity contribution < 1.29 is 24.1 Å². The van der Waals surface area contributed by atoms with Crippen molar-refractivity contribution in [3.05, 3.63) is 29.7 Å². The van der Waals surface area contributed by atoms with Gasteiger partial charge in [-0.1, -0.05) is 0 Å². The molecule has 1 heterocycles. The molecular weight excluding hydrogens is 300 g/mol. The number of carbonyl (C=O) groups is 1. The number of azo groups is 1. The largest absolute Gasteiger partial charge is 0.508 e. The predicted molar refractivity (Wildman–Crippen MR) is 74.1 cm³/mol. The predicted octanol–water partition coefficient (Wildman–Crippen LogP) is 3.07. The SMILES string of the molecule is CCOC(=O)C(N=Nc1ccc2c(c1)OCO2)=C(O)CCl. The van der Waals surface area contributed by atoms with E-state index in [9.17, 15) is 9.90 Å². The maximum Gasteiger partial charge on any atom is 0.362 e. The molecule has 0 unspecified atom stereocenters. The van der Waals surface area contributed by atoms with Crippen molar-refractivity contribution in [2.24, 2.45) is 10.2 Å². The van der Waals surface area contributed by atoms with Gasteiger partial charge in [0.15, 0.2) is 11.5 Å². The first kappa shape index (κ1) is 15.1. The smallest absolute Gasteiger partial charge is 0.362 e. The molecule has 0 fully saturated rings. The van der Waals surface area contributed by atoms with Gasteiger partial charge in [0.1, 0.15) is 5.76 Å². The number of allylic oxidation sites excluding steroid dienone is 1. The molecule has 8 heteroatoms. The van der Waals surface area contributed by atoms with E-state index >= 15 is 0 Å². The molecular formula is C13H13ClN2O5. The minimum absolute atomic E-state index is 0.150. The molecule has 1 aliphatic heterocycles. The van der Waals surface area contributed by atoms with E-state index in [0.29, 0.717) is 17.2 Å². The second-order valence-corrected chi connectivity index (χ2v) is 4.15. The summed E-state index contributed by atoms with van der Waals surface area (Å²) in [5.41, 5.74) is 0.105. The Balaban J connectivity index is 2.22. The van der Waals surface area contributed by atoms with Crippen LogP contribution in [0.5, 0.6) is 11.5 Å². The van der Waals surface area contributed by atoms with Gasteiger partial charge in [-0.25, -0.2) is 4.79 Å². The zero-order chi connectivity index (χ0) is 15.2. The number of fused-ring (bicyclic) bond motifs is 1. The lowest BCUT2D eigenvalue weighted by atomic mass is 10.3. The van der Waals surface area contributed by atoms with Crippen LogP contribution in [-0.2, 0) is 9.53 Å². The summed E-state index contributed by atoms with van der Waals surface area (Å²) in [6.45, 7) is 1.94. The fourth-order valence-electron chi connectivity index (χ4n) is 1.53. The van der Waals surface area contributed by atoms with Gasteiger partial charge >= 0.3 is 5.97 Å². The van der Waals surface area contributed by atoms with Crippen LogP contribution in [0.25, 0.3) is 0 Å². The lowest BCUT2D eigenvalue weighted by Crippen LogP contribution is -2.09. The highest BCUT2D eigenvalue weighted by molar-refractivity contribution is 6.19. The molecule has 21 heavy (non-hydrogen) atoms. The summed E-state index contributed by atoms with van der Waals surface area (Å²) in [4.78, 5) is 11.7. The van der Waals surface area contributed by atoms with Crippen LogP contribution in [-0.4, -0.2) is 30.4 Å². The number of nitrogens with zero attached hydrogens (tertiary/aromatic N) is 2. The first-order chi connectivity index (χ1) is 10.2. The van der Waals surface area contributed by atoms with Gasteiger partial charge in [0.25, 0.3) is 0 Å². The van der Waals surface area contributed by atoms with Crippen molar-refractivity contribution in [3.8, 4) is 11.5 Å². The number of carbonyl (C=O) groups excluding carboxylic acids is 1. The highest BCUT2D eigenvalue weighted by Gasteiger charge is 2.17. The van der Waals surface area contributed by atoms with Gasteiger partial charge in [0.05, 0.1) is 18.2 Å². The van der Waals surface area contributed by atoms with Gasteiger partial charge in [-0.15, -0.1) is 16.7 Å². The third-order valence-corrected chi connectivity index (χ3v) is 2.74. The molecule has 0 aliphatic carbocycles. The second kappa shape index (κ2) is 6.94. The van der Waals surface area contributed by atoms with Crippen LogP contribution in [0, 0.1) is 0 Å². The molecule has 0 saturated carbocycles. The first-order valence-corrected chi connectivity index (χ1v) is 6.65. The number of alkyl halides is 1. The van der Waals surface area contributed by atoms with Crippen LogP contribution in [0.3, 0.4) is 0 Å². The summed E-state index contributed by atoms with van der Waals surface area (Å²) in [6.07, 6.45) is 0. The summed E-state index contributed by atoms with van der Waals surface area (Å²) in [6, 6.07) is 4.91. The Labute approximate surface area is 125 Å². The van der Waals surface area contributed by atoms with Gasteiger partial charge in [0, 0.05) is 6.07 Å². The van der Waals surface area contributed by atoms with Gasteiger partial charge in [0.2, 0.25) is 12.5 Å². The fourth-order valence-corrected chi connectivity index (χ4v) is 1.66. The molecule has 2 rings (SSSR count). The third-order valence-electron chi connectivity index (χ3n) is 2.49. The molecule has 1 N–H and O–H groups in total. The lowest BCUT2D eigenvalue weighted by Gasteiger charge is -2.03. The molecule has 0 aromatic heterocycles. The van der Waals surface area contributed by atoms with Crippen LogP contribution in [0.15, 0.2) is 39.9 Å². The van der Waals surface area contributed by atoms with Crippen molar-refractivity contribution in [1.82, 2.24) is 0 Å². The molecule has 1 aromatic rings. The average molecular weight is 313 g/mol. The minimum atomic E-state index is -0.792. The summed E-state index contributed by atoms with van der Waals surface area (Å²) in [7, 11) is 0. The normalized spacial score (nSPS) is 14.2. The zero-order valence-corrected chi connectivity index (χ0v) is 12.0. The Kier molecular flexibility index (Phi) is 4.99. The monoisotopic (exact) mass is 312 g/mol. The van der Waals surface area contributed by atoms with E-state index in [-0.39, 0.29) is 25.0 Å². The number of aliphatic hydroxyl groups excluding tert-OH is 1. The number of hydrogen-bond donors (Lipinski definition) is 1. The van der Waals surface area contributed by atoms with Crippen LogP contribution in [0.4, 0.5) is 5.69 Å². The third kappa shape index (κ3) is 3.63. The van der Waals surface area contributed by atoms with Crippen LogP contribution in [0.2, 0.25) is 0 Å². The van der Waals surface area contributed by atoms with Crippen LogP contribution >= 0.6 is 11.6 Å². The number of halogens is 1. The second-order valence-electron chi connectivity index (χ2n) is 3.89. The maximum absolute atomic E-state index is 11.7. The Hall–Kier alpha value is -2.28. The van der Waals surface area contributed by atoms with Gasteiger partial charge in [-0.2, -0.15) is 5.11 Å². The molecule has 0 saturated heterocycles. The van der Waals surface area contributed by atoms with E-state index in [1.807, 2.05) is 0 Å². The Morgan fingerprint density at radius 2 is 2.19 bits per heavy atom. The molecule has 1 aliphatic rings. The van der Waals surface area contributed by atoms with Gasteiger partial charge < -0.3 is 19.3 Å². The number of benzene rings is 1. The molecule has 7 nitrogen and oxygen atoms in total. The summed E-state index contributed by atoms with van der Waals surface area (Å²) in [5, 5.41) is 17.2. The molecule has 1 aromatic carbocycles. The maximum atomic E-state index is 11.7. The Bertz CT molecular complexity index is 600. The number of hydrogen-bond acceptors (Lipinski definition) is 7. The van der Waals surface area contributed by atoms with E-state index in [2.05, 4.69) is 10.2 Å². The summed E-state index contributed by atoms with van der Waals surface area (Å²) >= 11 is 5.50. The Morgan fingerprint density at radius 3 is 2.90 bits per heavy atom. The van der Waals surface area contributed by atoms with Crippen molar-refractivity contribution >= 4 is 23.3 Å². The van der Waals surface area contributed by atoms with Crippen LogP contribution in [0.1, 0.15) is 6.92 Å². The quantitative estimate of drug-likeness (QED) is 0.297. The van der Waals surface area contributed by atoms with Crippen molar-refractivity contribution in [1.29, 1.82) is 0 Å². The highest BCUT2D eigenvalue weighted by Crippen LogP contribution is 2.35. The van der Waals surface area contributed by atoms with E-state index < -0.39 is 11.7 Å². The highest BCUT2D eigenvalue weighted by atomic mass is 35.5. The van der Waals surface area contributed by atoms with Crippen molar-refractivity contribution in [2.45, 2.75) is 6.92 Å². The Morgan fingerprint density at radius 1 is 1.43 bits per heavy atom. The summed E-state index contributed by atoms with van der Waals surface area (Å²) in [5.74, 6) is -0.318. The molecule has 0 amide bonds. The number of rotatable bonds is 5. The van der Waals surface area contributed by atoms with E-state index in [4.69, 9.17) is 25.8 Å². The van der Waals surface area contributed by atoms with E-state index in [1.165, 1.54) is 0 Å². The fraction of sp³-hybridized carbons (Fsp3) is 0.308. The molecule has 0 atom stereocenters. The number of aliphatic hydroxyl groups is 1. The van der Waals surface area contributed by atoms with Gasteiger partial charge in [-0.05, 0) is 19.1 Å². The lowest BCUT2D eigenvalue weighted by molar-refractivity contribution is -0.138. The minimum Gasteiger partial charge on any atom is -0.508 e. The van der Waals surface area contributed by atoms with E-state index in [1.54, 1.807) is 25.1 Å². The number of esters is 1. The zero-order valence-electron chi connectivity index (χ0n) is 11.2. The van der Waals surface area contributed by atoms with Crippen LogP contribution < -0.4 is 9.47 Å². The average Bonchev–Trinajstić information content (AvgIpc) is 2.95. The molecule has 112 valence electrons. The first-order valence-electron chi connectivity index (χ1n) is 6.12. The van der Waals surface area contributed by atoms with Gasteiger partial charge in [-0.3, -0.25) is 0 Å².